The van der Waals surface area contributed by atoms with E-state index in [9.17, 15) is 14.0 Å². The van der Waals surface area contributed by atoms with Crippen molar-refractivity contribution in [1.29, 1.82) is 0 Å². The van der Waals surface area contributed by atoms with E-state index in [1.54, 1.807) is 41.3 Å². The molecule has 3 aromatic rings. The molecule has 0 amide bonds. The summed E-state index contributed by atoms with van der Waals surface area (Å²) in [7, 11) is 0. The predicted molar refractivity (Wildman–Crippen MR) is 154 cm³/mol. The van der Waals surface area contributed by atoms with Crippen LogP contribution in [0.1, 0.15) is 39.5 Å². The van der Waals surface area contributed by atoms with Crippen molar-refractivity contribution in [3.63, 3.8) is 0 Å². The molecule has 15 heteroatoms. The quantitative estimate of drug-likeness (QED) is 0.358. The SMILES string of the molecule is CCOC(=O)C1=C(CN2CC(F)(F)C3CN(c4ncc(C(=O)O)cn4)CC32)NC(c2nccs2)=NC1c1cccc(F)c1C. The molecule has 0 bridgehead atoms. The van der Waals surface area contributed by atoms with Gasteiger partial charge in [0.25, 0.3) is 5.92 Å². The van der Waals surface area contributed by atoms with E-state index in [2.05, 4.69) is 20.3 Å². The average molecular weight is 628 g/mol. The van der Waals surface area contributed by atoms with E-state index in [0.29, 0.717) is 27.7 Å². The Kier molecular flexibility index (Phi) is 7.84. The summed E-state index contributed by atoms with van der Waals surface area (Å²) in [5.74, 6) is -5.98. The number of aromatic carboxylic acids is 1. The number of carbonyl (C=O) groups excluding carboxylic acids is 1. The monoisotopic (exact) mass is 627 g/mol. The number of amidine groups is 1. The molecule has 1 aromatic carbocycles. The fourth-order valence-corrected chi connectivity index (χ4v) is 6.56. The summed E-state index contributed by atoms with van der Waals surface area (Å²) in [5, 5.41) is 14.6. The third-order valence-electron chi connectivity index (χ3n) is 8.10. The second kappa shape index (κ2) is 11.6. The average Bonchev–Trinajstić information content (AvgIpc) is 3.73. The summed E-state index contributed by atoms with van der Waals surface area (Å²) in [6.45, 7) is 2.82. The predicted octanol–water partition coefficient (Wildman–Crippen LogP) is 3.44. The van der Waals surface area contributed by atoms with Gasteiger partial charge in [0, 0.05) is 55.3 Å². The fraction of sp³-hybridized carbons (Fsp3) is 0.379. The van der Waals surface area contributed by atoms with Crippen LogP contribution in [0.4, 0.5) is 19.1 Å². The zero-order valence-electron chi connectivity index (χ0n) is 23.7. The van der Waals surface area contributed by atoms with Gasteiger partial charge in [-0.1, -0.05) is 12.1 Å². The molecule has 3 aliphatic rings. The molecule has 0 radical (unpaired) electrons. The van der Waals surface area contributed by atoms with Crippen molar-refractivity contribution < 1.29 is 32.6 Å². The molecule has 2 saturated heterocycles. The molecule has 0 aliphatic carbocycles. The van der Waals surface area contributed by atoms with E-state index >= 15 is 8.78 Å². The van der Waals surface area contributed by atoms with Crippen molar-refractivity contribution in [2.45, 2.75) is 31.9 Å². The van der Waals surface area contributed by atoms with Crippen LogP contribution in [0.2, 0.25) is 0 Å². The van der Waals surface area contributed by atoms with Crippen LogP contribution in [0.3, 0.4) is 0 Å². The number of carbonyl (C=O) groups is 2. The van der Waals surface area contributed by atoms with Crippen LogP contribution in [-0.4, -0.2) is 87.5 Å². The number of thiazole rings is 1. The number of carboxylic acid groups (broad SMARTS) is 1. The fourth-order valence-electron chi connectivity index (χ4n) is 5.98. The molecule has 44 heavy (non-hydrogen) atoms. The van der Waals surface area contributed by atoms with Crippen LogP contribution in [0.15, 0.2) is 58.4 Å². The number of nitrogens with zero attached hydrogens (tertiary/aromatic N) is 6. The first-order valence-corrected chi connectivity index (χ1v) is 14.8. The van der Waals surface area contributed by atoms with Crippen molar-refractivity contribution in [3.05, 3.63) is 81.0 Å². The number of anilines is 1. The molecule has 0 saturated carbocycles. The number of likely N-dealkylation sites (tertiary alicyclic amines) is 1. The lowest BCUT2D eigenvalue weighted by Crippen LogP contribution is -2.43. The van der Waals surface area contributed by atoms with Crippen LogP contribution in [0.25, 0.3) is 0 Å². The number of esters is 1. The largest absolute Gasteiger partial charge is 0.478 e. The number of aromatic nitrogens is 3. The van der Waals surface area contributed by atoms with Crippen molar-refractivity contribution in [2.24, 2.45) is 10.9 Å². The minimum atomic E-state index is -3.06. The lowest BCUT2D eigenvalue weighted by Gasteiger charge is -2.31. The van der Waals surface area contributed by atoms with Crippen LogP contribution in [0, 0.1) is 18.7 Å². The second-order valence-corrected chi connectivity index (χ2v) is 11.6. The summed E-state index contributed by atoms with van der Waals surface area (Å²) < 4.78 is 51.1. The minimum absolute atomic E-state index is 0.0330. The minimum Gasteiger partial charge on any atom is -0.478 e. The Bertz CT molecular complexity index is 1650. The molecule has 6 rings (SSSR count). The Hall–Kier alpha value is -4.37. The number of benzene rings is 1. The molecular formula is C29H28F3N7O4S. The van der Waals surface area contributed by atoms with E-state index in [-0.39, 0.29) is 43.3 Å². The number of hydrogen-bond donors (Lipinski definition) is 2. The van der Waals surface area contributed by atoms with Gasteiger partial charge in [0.1, 0.15) is 11.9 Å². The number of fused-ring (bicyclic) bond motifs is 1. The molecule has 230 valence electrons. The maximum absolute atomic E-state index is 15.5. The van der Waals surface area contributed by atoms with Gasteiger partial charge in [-0.15, -0.1) is 11.3 Å². The number of ether oxygens (including phenoxy) is 1. The van der Waals surface area contributed by atoms with Crippen molar-refractivity contribution in [2.75, 3.05) is 37.7 Å². The van der Waals surface area contributed by atoms with Crippen molar-refractivity contribution in [3.8, 4) is 0 Å². The Labute approximate surface area is 254 Å². The van der Waals surface area contributed by atoms with E-state index in [1.165, 1.54) is 23.5 Å². The Morgan fingerprint density at radius 1 is 1.20 bits per heavy atom. The number of halogens is 3. The highest BCUT2D eigenvalue weighted by molar-refractivity contribution is 7.11. The Morgan fingerprint density at radius 3 is 2.66 bits per heavy atom. The van der Waals surface area contributed by atoms with Crippen molar-refractivity contribution >= 4 is 35.1 Å². The first-order valence-electron chi connectivity index (χ1n) is 13.9. The van der Waals surface area contributed by atoms with E-state index in [1.807, 2.05) is 0 Å². The highest BCUT2D eigenvalue weighted by atomic mass is 32.1. The highest BCUT2D eigenvalue weighted by Crippen LogP contribution is 2.44. The molecule has 0 spiro atoms. The number of rotatable bonds is 8. The number of hydrogen-bond acceptors (Lipinski definition) is 11. The van der Waals surface area contributed by atoms with Gasteiger partial charge in [-0.25, -0.2) is 37.7 Å². The normalized spacial score (nSPS) is 22.9. The second-order valence-electron chi connectivity index (χ2n) is 10.7. The molecule has 3 aliphatic heterocycles. The van der Waals surface area contributed by atoms with Gasteiger partial charge in [0.15, 0.2) is 10.8 Å². The summed E-state index contributed by atoms with van der Waals surface area (Å²) in [4.78, 5) is 45.2. The van der Waals surface area contributed by atoms with Crippen LogP contribution in [-0.2, 0) is 9.53 Å². The topological polar surface area (TPSA) is 133 Å². The maximum Gasteiger partial charge on any atom is 0.338 e. The van der Waals surface area contributed by atoms with Gasteiger partial charge in [0.2, 0.25) is 5.95 Å². The number of nitrogens with one attached hydrogen (secondary N) is 1. The zero-order chi connectivity index (χ0) is 31.2. The van der Waals surface area contributed by atoms with Gasteiger partial charge < -0.3 is 20.1 Å². The maximum atomic E-state index is 15.5. The van der Waals surface area contributed by atoms with Crippen LogP contribution < -0.4 is 10.2 Å². The zero-order valence-corrected chi connectivity index (χ0v) is 24.5. The lowest BCUT2D eigenvalue weighted by atomic mass is 9.92. The van der Waals surface area contributed by atoms with Gasteiger partial charge >= 0.3 is 11.9 Å². The van der Waals surface area contributed by atoms with E-state index < -0.39 is 48.2 Å². The van der Waals surface area contributed by atoms with Gasteiger partial charge in [-0.3, -0.25) is 9.89 Å². The molecule has 3 atom stereocenters. The molecule has 3 unspecified atom stereocenters. The summed E-state index contributed by atoms with van der Waals surface area (Å²) >= 11 is 1.31. The molecule has 11 nitrogen and oxygen atoms in total. The van der Waals surface area contributed by atoms with Crippen molar-refractivity contribution in [1.82, 2.24) is 25.2 Å². The lowest BCUT2D eigenvalue weighted by molar-refractivity contribution is -0.139. The molecule has 2 aromatic heterocycles. The third-order valence-corrected chi connectivity index (χ3v) is 8.88. The Morgan fingerprint density at radius 2 is 1.98 bits per heavy atom. The highest BCUT2D eigenvalue weighted by Gasteiger charge is 2.58. The molecular weight excluding hydrogens is 599 g/mol. The Balaban J connectivity index is 1.37. The summed E-state index contributed by atoms with van der Waals surface area (Å²) in [5.41, 5.74) is 1.06. The number of alkyl halides is 2. The first-order chi connectivity index (χ1) is 21.1. The van der Waals surface area contributed by atoms with Crippen LogP contribution in [0.5, 0.6) is 0 Å². The standard InChI is InChI=1S/C29H28F3N7O4S/c1-3-43-27(42)22-20(36-24(25-33-7-8-44-25)37-23(22)17-5-4-6-19(30)15(17)2)12-39-14-29(31,32)18-11-38(13-21(18)39)28-34-9-16(10-35-28)26(40)41/h4-10,18,21,23H,3,11-14H2,1-2H3,(H,36,37)(H,40,41). The van der Waals surface area contributed by atoms with Gasteiger partial charge in [-0.05, 0) is 31.0 Å². The molecule has 2 N–H and O–H groups in total. The van der Waals surface area contributed by atoms with Gasteiger partial charge in [0.05, 0.1) is 30.2 Å². The summed E-state index contributed by atoms with van der Waals surface area (Å²) in [6.07, 6.45) is 3.89. The van der Waals surface area contributed by atoms with E-state index in [4.69, 9.17) is 14.8 Å². The first kappa shape index (κ1) is 29.7. The smallest absolute Gasteiger partial charge is 0.338 e. The summed E-state index contributed by atoms with van der Waals surface area (Å²) in [6, 6.07) is 2.92. The number of carboxylic acids is 1. The van der Waals surface area contributed by atoms with Crippen LogP contribution >= 0.6 is 11.3 Å². The molecule has 5 heterocycles. The third kappa shape index (κ3) is 5.41. The molecule has 2 fully saturated rings. The number of aliphatic imine (C=N–C) groups is 1. The van der Waals surface area contributed by atoms with E-state index in [0.717, 1.165) is 12.4 Å². The van der Waals surface area contributed by atoms with Gasteiger partial charge in [-0.2, -0.15) is 0 Å².